The Morgan fingerprint density at radius 3 is 2.42 bits per heavy atom. The van der Waals surface area contributed by atoms with Gasteiger partial charge < -0.3 is 25.2 Å². The van der Waals surface area contributed by atoms with Gasteiger partial charge in [0.15, 0.2) is 0 Å². The molecule has 0 radical (unpaired) electrons. The number of carbonyl (C=O) groups is 1. The van der Waals surface area contributed by atoms with Gasteiger partial charge in [-0.1, -0.05) is 30.7 Å². The maximum absolute atomic E-state index is 14.3. The minimum absolute atomic E-state index is 0.0443. The standard InChI is InChI=1S/C43H44F2N8O2/c1-28(2)55-37-27-32(52-24-18-31(19-25-52)51-21-5-3-6-22-51)15-16-35(37)47-43-46-20-17-36(48-43)41-39(49-38-14-4-7-23-53(38)41)29-10-8-11-30(26-29)42(54)50-40-33(44)12-9-13-34(40)45/h4,7-17,20,23,26-28,31H,3,5-6,18-19,21-22,24-25H2,1-2H3,(H,50,54)(H,46,47,48). The first-order valence-electron chi connectivity index (χ1n) is 19.0. The molecule has 10 nitrogen and oxygen atoms in total. The van der Waals surface area contributed by atoms with Crippen molar-refractivity contribution in [2.75, 3.05) is 41.7 Å². The molecule has 1 amide bonds. The number of aromatic nitrogens is 4. The topological polar surface area (TPSA) is 99.9 Å². The summed E-state index contributed by atoms with van der Waals surface area (Å²) in [5.41, 5.74) is 4.73. The number of rotatable bonds is 10. The molecule has 3 aromatic heterocycles. The number of halogens is 2. The van der Waals surface area contributed by atoms with Crippen molar-refractivity contribution in [3.63, 3.8) is 0 Å². The van der Waals surface area contributed by atoms with Crippen molar-refractivity contribution in [2.24, 2.45) is 0 Å². The second kappa shape index (κ2) is 15.8. The summed E-state index contributed by atoms with van der Waals surface area (Å²) in [6.07, 6.45) is 9.85. The van der Waals surface area contributed by atoms with E-state index < -0.39 is 23.2 Å². The van der Waals surface area contributed by atoms with Crippen LogP contribution in [0.4, 0.5) is 31.8 Å². The third-order valence-corrected chi connectivity index (χ3v) is 10.3. The van der Waals surface area contributed by atoms with E-state index in [-0.39, 0.29) is 11.7 Å². The van der Waals surface area contributed by atoms with Crippen molar-refractivity contribution in [3.05, 3.63) is 115 Å². The molecule has 0 bridgehead atoms. The Balaban J connectivity index is 1.07. The van der Waals surface area contributed by atoms with E-state index in [0.29, 0.717) is 40.3 Å². The first kappa shape index (κ1) is 36.1. The van der Waals surface area contributed by atoms with Gasteiger partial charge in [-0.05, 0) is 107 Å². The number of fused-ring (bicyclic) bond motifs is 1. The number of hydrogen-bond acceptors (Lipinski definition) is 8. The molecule has 0 saturated carbocycles. The molecular weight excluding hydrogens is 699 g/mol. The van der Waals surface area contributed by atoms with E-state index >= 15 is 0 Å². The summed E-state index contributed by atoms with van der Waals surface area (Å²) in [6, 6.07) is 24.6. The number of hydrogen-bond donors (Lipinski definition) is 2. The molecule has 2 fully saturated rings. The van der Waals surface area contributed by atoms with Crippen LogP contribution in [-0.4, -0.2) is 68.5 Å². The Bertz CT molecular complexity index is 2290. The third-order valence-electron chi connectivity index (χ3n) is 10.3. The van der Waals surface area contributed by atoms with Gasteiger partial charge in [-0.3, -0.25) is 9.20 Å². The maximum atomic E-state index is 14.3. The second-order valence-corrected chi connectivity index (χ2v) is 14.4. The maximum Gasteiger partial charge on any atom is 0.255 e. The van der Waals surface area contributed by atoms with Crippen LogP contribution in [0.15, 0.2) is 97.3 Å². The molecule has 2 aliphatic heterocycles. The van der Waals surface area contributed by atoms with E-state index in [4.69, 9.17) is 14.7 Å². The van der Waals surface area contributed by atoms with E-state index in [0.717, 1.165) is 55.2 Å². The largest absolute Gasteiger partial charge is 0.489 e. The number of imidazole rings is 1. The molecule has 12 heteroatoms. The van der Waals surface area contributed by atoms with Crippen LogP contribution in [0.5, 0.6) is 5.75 Å². The zero-order chi connectivity index (χ0) is 37.9. The number of carbonyl (C=O) groups excluding carboxylic acids is 1. The molecule has 0 atom stereocenters. The van der Waals surface area contributed by atoms with Crippen LogP contribution in [0.1, 0.15) is 56.3 Å². The van der Waals surface area contributed by atoms with Crippen molar-refractivity contribution in [1.29, 1.82) is 0 Å². The molecule has 5 heterocycles. The predicted octanol–water partition coefficient (Wildman–Crippen LogP) is 8.97. The predicted molar refractivity (Wildman–Crippen MR) is 212 cm³/mol. The Morgan fingerprint density at radius 2 is 1.64 bits per heavy atom. The van der Waals surface area contributed by atoms with Crippen LogP contribution in [-0.2, 0) is 0 Å². The van der Waals surface area contributed by atoms with Crippen molar-refractivity contribution in [2.45, 2.75) is 58.1 Å². The molecule has 0 spiro atoms. The van der Waals surface area contributed by atoms with Crippen LogP contribution in [0.3, 0.4) is 0 Å². The van der Waals surface area contributed by atoms with Gasteiger partial charge in [0.2, 0.25) is 5.95 Å². The fourth-order valence-corrected chi connectivity index (χ4v) is 7.66. The SMILES string of the molecule is CC(C)Oc1cc(N2CCC(N3CCCCC3)CC2)ccc1Nc1nccc(-c2c(-c3cccc(C(=O)Nc4c(F)cccc4F)c3)nc3ccccn23)n1. The van der Waals surface area contributed by atoms with E-state index in [1.54, 1.807) is 24.4 Å². The van der Waals surface area contributed by atoms with Gasteiger partial charge in [0, 0.05) is 54.4 Å². The molecular formula is C43H44F2N8O2. The Hall–Kier alpha value is -5.88. The summed E-state index contributed by atoms with van der Waals surface area (Å²) < 4.78 is 37.0. The number of benzene rings is 3. The van der Waals surface area contributed by atoms with Gasteiger partial charge in [0.25, 0.3) is 5.91 Å². The number of likely N-dealkylation sites (tertiary alicyclic amines) is 1. The van der Waals surface area contributed by atoms with Crippen molar-refractivity contribution in [1.82, 2.24) is 24.3 Å². The summed E-state index contributed by atoms with van der Waals surface area (Å²) in [5, 5.41) is 5.78. The summed E-state index contributed by atoms with van der Waals surface area (Å²) >= 11 is 0. The van der Waals surface area contributed by atoms with E-state index in [1.807, 2.05) is 60.8 Å². The van der Waals surface area contributed by atoms with Crippen LogP contribution >= 0.6 is 0 Å². The lowest BCUT2D eigenvalue weighted by Crippen LogP contribution is -2.46. The van der Waals surface area contributed by atoms with Crippen LogP contribution < -0.4 is 20.3 Å². The zero-order valence-electron chi connectivity index (χ0n) is 31.0. The third kappa shape index (κ3) is 7.86. The number of anilines is 4. The first-order chi connectivity index (χ1) is 26.8. The summed E-state index contributed by atoms with van der Waals surface area (Å²) in [5.74, 6) is -1.28. The van der Waals surface area contributed by atoms with Gasteiger partial charge in [-0.15, -0.1) is 0 Å². The zero-order valence-corrected chi connectivity index (χ0v) is 31.0. The number of nitrogens with zero attached hydrogens (tertiary/aromatic N) is 6. The minimum Gasteiger partial charge on any atom is -0.489 e. The summed E-state index contributed by atoms with van der Waals surface area (Å²) in [6.45, 7) is 8.51. The van der Waals surface area contributed by atoms with Crippen LogP contribution in [0.2, 0.25) is 0 Å². The highest BCUT2D eigenvalue weighted by Crippen LogP contribution is 2.36. The van der Waals surface area contributed by atoms with Crippen molar-refractivity contribution in [3.8, 4) is 28.4 Å². The van der Waals surface area contributed by atoms with E-state index in [2.05, 4.69) is 37.6 Å². The molecule has 55 heavy (non-hydrogen) atoms. The number of amides is 1. The molecule has 2 saturated heterocycles. The minimum atomic E-state index is -0.859. The van der Waals surface area contributed by atoms with E-state index in [1.165, 1.54) is 38.4 Å². The number of piperidine rings is 2. The molecule has 3 aromatic carbocycles. The highest BCUT2D eigenvalue weighted by molar-refractivity contribution is 6.05. The Labute approximate surface area is 319 Å². The van der Waals surface area contributed by atoms with Crippen molar-refractivity contribution >= 4 is 34.6 Å². The van der Waals surface area contributed by atoms with Gasteiger partial charge in [0.05, 0.1) is 28.9 Å². The molecule has 6 aromatic rings. The smallest absolute Gasteiger partial charge is 0.255 e. The molecule has 2 N–H and O–H groups in total. The van der Waals surface area contributed by atoms with Gasteiger partial charge >= 0.3 is 0 Å². The lowest BCUT2D eigenvalue weighted by atomic mass is 9.99. The average Bonchev–Trinajstić information content (AvgIpc) is 3.60. The highest BCUT2D eigenvalue weighted by atomic mass is 19.1. The van der Waals surface area contributed by atoms with Crippen molar-refractivity contribution < 1.29 is 18.3 Å². The Morgan fingerprint density at radius 1 is 0.855 bits per heavy atom. The number of pyridine rings is 1. The number of ether oxygens (including phenoxy) is 1. The number of nitrogens with one attached hydrogen (secondary N) is 2. The highest BCUT2D eigenvalue weighted by Gasteiger charge is 2.26. The number of para-hydroxylation sites is 1. The fourth-order valence-electron chi connectivity index (χ4n) is 7.66. The molecule has 282 valence electrons. The molecule has 2 aliphatic rings. The molecule has 0 aliphatic carbocycles. The van der Waals surface area contributed by atoms with Crippen LogP contribution in [0, 0.1) is 11.6 Å². The lowest BCUT2D eigenvalue weighted by molar-refractivity contribution is 0.102. The normalized spacial score (nSPS) is 15.4. The monoisotopic (exact) mass is 742 g/mol. The van der Waals surface area contributed by atoms with Gasteiger partial charge in [-0.25, -0.2) is 23.7 Å². The molecule has 8 rings (SSSR count). The Kier molecular flexibility index (Phi) is 10.4. The van der Waals surface area contributed by atoms with Crippen LogP contribution in [0.25, 0.3) is 28.3 Å². The van der Waals surface area contributed by atoms with Gasteiger partial charge in [0.1, 0.15) is 28.7 Å². The first-order valence-corrected chi connectivity index (χ1v) is 19.0. The van der Waals surface area contributed by atoms with E-state index in [9.17, 15) is 13.6 Å². The molecule has 0 unspecified atom stereocenters. The fraction of sp³-hybridized carbons (Fsp3) is 0.302. The lowest BCUT2D eigenvalue weighted by Gasteiger charge is -2.41. The average molecular weight is 743 g/mol. The van der Waals surface area contributed by atoms with Gasteiger partial charge in [-0.2, -0.15) is 0 Å². The summed E-state index contributed by atoms with van der Waals surface area (Å²) in [7, 11) is 0. The quantitative estimate of drug-likeness (QED) is 0.144. The second-order valence-electron chi connectivity index (χ2n) is 14.4. The summed E-state index contributed by atoms with van der Waals surface area (Å²) in [4.78, 5) is 32.8.